The van der Waals surface area contributed by atoms with Crippen LogP contribution in [-0.4, -0.2) is 37.4 Å². The topological polar surface area (TPSA) is 114 Å². The van der Waals surface area contributed by atoms with Crippen LogP contribution >= 0.6 is 0 Å². The van der Waals surface area contributed by atoms with E-state index >= 15 is 0 Å². The fourth-order valence-corrected chi connectivity index (χ4v) is 4.28. The molecule has 0 atom stereocenters. The van der Waals surface area contributed by atoms with Crippen molar-refractivity contribution in [1.82, 2.24) is 0 Å². The Hall–Kier alpha value is -3.83. The van der Waals surface area contributed by atoms with Crippen LogP contribution in [0.3, 0.4) is 0 Å². The van der Waals surface area contributed by atoms with Gasteiger partial charge in [-0.05, 0) is 80.5 Å². The summed E-state index contributed by atoms with van der Waals surface area (Å²) in [4.78, 5) is 23.9. The zero-order valence-electron chi connectivity index (χ0n) is 21.6. The van der Waals surface area contributed by atoms with Gasteiger partial charge in [-0.1, -0.05) is 12.1 Å². The second-order valence-electron chi connectivity index (χ2n) is 9.56. The van der Waals surface area contributed by atoms with E-state index in [9.17, 15) is 31.5 Å². The van der Waals surface area contributed by atoms with Crippen molar-refractivity contribution in [3.05, 3.63) is 59.7 Å². The monoisotopic (exact) mass is 570 g/mol. The molecule has 0 bridgehead atoms. The van der Waals surface area contributed by atoms with Crippen LogP contribution in [0.1, 0.15) is 54.4 Å². The van der Waals surface area contributed by atoms with E-state index in [0.29, 0.717) is 29.8 Å². The molecule has 0 spiro atoms. The lowest BCUT2D eigenvalue weighted by molar-refractivity contribution is -0.237. The lowest BCUT2D eigenvalue weighted by atomic mass is 9.81. The number of alkyl halides is 5. The van der Waals surface area contributed by atoms with Crippen molar-refractivity contribution in [1.29, 1.82) is 0 Å². The van der Waals surface area contributed by atoms with E-state index in [-0.39, 0.29) is 50.2 Å². The van der Waals surface area contributed by atoms with Gasteiger partial charge in [0.25, 0.3) is 0 Å². The van der Waals surface area contributed by atoms with Crippen LogP contribution < -0.4 is 16.2 Å². The number of ether oxygens (including phenoxy) is 3. The summed E-state index contributed by atoms with van der Waals surface area (Å²) in [5, 5.41) is 0. The molecule has 1 saturated carbocycles. The molecule has 4 N–H and O–H groups in total. The van der Waals surface area contributed by atoms with Crippen molar-refractivity contribution in [3.8, 4) is 5.75 Å². The molecule has 0 heterocycles. The van der Waals surface area contributed by atoms with Gasteiger partial charge in [0.2, 0.25) is 0 Å². The van der Waals surface area contributed by atoms with E-state index in [1.165, 1.54) is 54.6 Å². The molecule has 0 saturated heterocycles. The lowest BCUT2D eigenvalue weighted by Crippen LogP contribution is -2.39. The van der Waals surface area contributed by atoms with Gasteiger partial charge in [0.1, 0.15) is 5.75 Å². The molecule has 7 nitrogen and oxygen atoms in total. The largest absolute Gasteiger partial charge is 0.463 e. The standard InChI is InChI=1S/C28H31F5N2O5/c29-27(30,31)20-6-8-21(9-7-20)28(32,33)40-24-10-3-18(4-11-24)5-12-25(36)38-13-1-2-14-39-26(37)19-15-22(34)17-23(35)16-19/h3-5,10-12,15-17,20-21H,1-2,6-9,13-14,34-35H2. The second-order valence-corrected chi connectivity index (χ2v) is 9.56. The summed E-state index contributed by atoms with van der Waals surface area (Å²) in [6.07, 6.45) is -5.70. The lowest BCUT2D eigenvalue weighted by Gasteiger charge is -2.33. The Kier molecular flexibility index (Phi) is 10.4. The van der Waals surface area contributed by atoms with Gasteiger partial charge in [0.05, 0.1) is 30.6 Å². The Morgan fingerprint density at radius 2 is 1.38 bits per heavy atom. The maximum Gasteiger partial charge on any atom is 0.400 e. The molecule has 0 radical (unpaired) electrons. The molecular formula is C28H31F5N2O5. The van der Waals surface area contributed by atoms with Crippen LogP contribution in [0.2, 0.25) is 0 Å². The predicted molar refractivity (Wildman–Crippen MR) is 138 cm³/mol. The Bertz CT molecular complexity index is 1160. The molecule has 0 aliphatic heterocycles. The minimum absolute atomic E-state index is 0.0959. The maximum atomic E-state index is 14.5. The molecule has 12 heteroatoms. The normalized spacial score (nSPS) is 17.9. The molecule has 2 aromatic rings. The number of carbonyl (C=O) groups excluding carboxylic acids is 2. The first-order chi connectivity index (χ1) is 18.8. The van der Waals surface area contributed by atoms with E-state index < -0.39 is 36.1 Å². The van der Waals surface area contributed by atoms with Crippen molar-refractivity contribution < 1.29 is 45.8 Å². The number of nitrogens with two attached hydrogens (primary N) is 2. The number of nitrogen functional groups attached to an aromatic ring is 2. The zero-order valence-corrected chi connectivity index (χ0v) is 21.6. The number of hydrogen-bond acceptors (Lipinski definition) is 7. The maximum absolute atomic E-state index is 14.5. The van der Waals surface area contributed by atoms with Crippen LogP contribution in [0.25, 0.3) is 6.08 Å². The molecule has 218 valence electrons. The van der Waals surface area contributed by atoms with Crippen LogP contribution in [0.4, 0.5) is 33.3 Å². The highest BCUT2D eigenvalue weighted by atomic mass is 19.4. The Morgan fingerprint density at radius 3 is 1.95 bits per heavy atom. The third-order valence-electron chi connectivity index (χ3n) is 6.44. The summed E-state index contributed by atoms with van der Waals surface area (Å²) in [6, 6.07) is 9.93. The highest BCUT2D eigenvalue weighted by Crippen LogP contribution is 2.44. The first kappa shape index (κ1) is 30.7. The third-order valence-corrected chi connectivity index (χ3v) is 6.44. The number of carbonyl (C=O) groups is 2. The Labute approximate surface area is 228 Å². The summed E-state index contributed by atoms with van der Waals surface area (Å²) in [5.74, 6) is -4.17. The minimum Gasteiger partial charge on any atom is -0.463 e. The van der Waals surface area contributed by atoms with Gasteiger partial charge in [-0.15, -0.1) is 0 Å². The van der Waals surface area contributed by atoms with E-state index in [1.807, 2.05) is 0 Å². The fraction of sp³-hybridized carbons (Fsp3) is 0.429. The number of unbranched alkanes of at least 4 members (excludes halogenated alkanes) is 1. The third kappa shape index (κ3) is 9.42. The Balaban J connectivity index is 1.34. The molecule has 0 unspecified atom stereocenters. The highest BCUT2D eigenvalue weighted by Gasteiger charge is 2.48. The van der Waals surface area contributed by atoms with Crippen molar-refractivity contribution in [2.75, 3.05) is 24.7 Å². The smallest absolute Gasteiger partial charge is 0.400 e. The van der Waals surface area contributed by atoms with Crippen LogP contribution in [-0.2, 0) is 14.3 Å². The van der Waals surface area contributed by atoms with Crippen LogP contribution in [0.5, 0.6) is 5.75 Å². The number of halogens is 5. The molecule has 1 fully saturated rings. The highest BCUT2D eigenvalue weighted by molar-refractivity contribution is 5.91. The molecule has 1 aliphatic carbocycles. The van der Waals surface area contributed by atoms with Crippen molar-refractivity contribution in [3.63, 3.8) is 0 Å². The molecular weight excluding hydrogens is 539 g/mol. The van der Waals surface area contributed by atoms with Gasteiger partial charge >= 0.3 is 24.2 Å². The SMILES string of the molecule is Nc1cc(N)cc(C(=O)OCCCCOC(=O)C=Cc2ccc(OC(F)(F)C3CCC(C(F)(F)F)CC3)cc2)c1. The number of esters is 2. The summed E-state index contributed by atoms with van der Waals surface area (Å²) in [7, 11) is 0. The average molecular weight is 571 g/mol. The summed E-state index contributed by atoms with van der Waals surface area (Å²) in [5.41, 5.74) is 12.8. The molecule has 40 heavy (non-hydrogen) atoms. The number of hydrogen-bond donors (Lipinski definition) is 2. The molecule has 3 rings (SSSR count). The van der Waals surface area contributed by atoms with E-state index in [0.717, 1.165) is 0 Å². The van der Waals surface area contributed by atoms with Crippen molar-refractivity contribution in [2.24, 2.45) is 11.8 Å². The fourth-order valence-electron chi connectivity index (χ4n) is 4.28. The molecule has 1 aliphatic rings. The first-order valence-electron chi connectivity index (χ1n) is 12.7. The van der Waals surface area contributed by atoms with Gasteiger partial charge in [-0.3, -0.25) is 0 Å². The van der Waals surface area contributed by atoms with E-state index in [1.54, 1.807) is 0 Å². The quantitative estimate of drug-likeness (QED) is 0.106. The number of anilines is 2. The van der Waals surface area contributed by atoms with E-state index in [2.05, 4.69) is 0 Å². The Morgan fingerprint density at radius 1 is 0.825 bits per heavy atom. The van der Waals surface area contributed by atoms with Gasteiger partial charge < -0.3 is 25.7 Å². The van der Waals surface area contributed by atoms with E-state index in [4.69, 9.17) is 25.7 Å². The first-order valence-corrected chi connectivity index (χ1v) is 12.7. The average Bonchev–Trinajstić information content (AvgIpc) is 2.89. The molecule has 2 aromatic carbocycles. The van der Waals surface area contributed by atoms with Gasteiger partial charge in [-0.25, -0.2) is 9.59 Å². The van der Waals surface area contributed by atoms with Crippen molar-refractivity contribution >= 4 is 29.4 Å². The summed E-state index contributed by atoms with van der Waals surface area (Å²) < 4.78 is 82.4. The molecule has 0 amide bonds. The van der Waals surface area contributed by atoms with Gasteiger partial charge in [0.15, 0.2) is 0 Å². The molecule has 0 aromatic heterocycles. The summed E-state index contributed by atoms with van der Waals surface area (Å²) >= 11 is 0. The zero-order chi connectivity index (χ0) is 29.3. The van der Waals surface area contributed by atoms with Gasteiger partial charge in [0, 0.05) is 17.5 Å². The number of benzene rings is 2. The second kappa shape index (κ2) is 13.5. The minimum atomic E-state index is -4.37. The van der Waals surface area contributed by atoms with Crippen molar-refractivity contribution in [2.45, 2.75) is 50.8 Å². The number of rotatable bonds is 11. The van der Waals surface area contributed by atoms with Crippen LogP contribution in [0, 0.1) is 11.8 Å². The summed E-state index contributed by atoms with van der Waals surface area (Å²) in [6.45, 7) is 0.210. The predicted octanol–water partition coefficient (Wildman–Crippen LogP) is 6.38. The van der Waals surface area contributed by atoms with Crippen LogP contribution in [0.15, 0.2) is 48.5 Å². The van der Waals surface area contributed by atoms with Gasteiger partial charge in [-0.2, -0.15) is 22.0 Å².